The van der Waals surface area contributed by atoms with Gasteiger partial charge in [-0.2, -0.15) is 0 Å². The van der Waals surface area contributed by atoms with Crippen LogP contribution in [0.1, 0.15) is 58.8 Å². The van der Waals surface area contributed by atoms with Gasteiger partial charge in [0.2, 0.25) is 0 Å². The zero-order chi connectivity index (χ0) is 11.5. The highest BCUT2D eigenvalue weighted by atomic mass is 16.5. The summed E-state index contributed by atoms with van der Waals surface area (Å²) in [5.41, 5.74) is 0. The number of hydrogen-bond donors (Lipinski definition) is 0. The van der Waals surface area contributed by atoms with E-state index in [1.807, 2.05) is 6.92 Å². The first kappa shape index (κ1) is 14.5. The van der Waals surface area contributed by atoms with Crippen molar-refractivity contribution in [2.45, 2.75) is 58.8 Å². The van der Waals surface area contributed by atoms with Crippen molar-refractivity contribution in [1.82, 2.24) is 0 Å². The van der Waals surface area contributed by atoms with Crippen LogP contribution >= 0.6 is 0 Å². The number of carbonyl (C=O) groups is 1. The van der Waals surface area contributed by atoms with Gasteiger partial charge in [-0.3, -0.25) is 4.79 Å². The van der Waals surface area contributed by atoms with E-state index in [2.05, 4.69) is 13.8 Å². The molecule has 0 saturated heterocycles. The topological polar surface area (TPSA) is 26.3 Å². The van der Waals surface area contributed by atoms with Crippen LogP contribution in [0.25, 0.3) is 0 Å². The molecule has 0 aromatic rings. The van der Waals surface area contributed by atoms with E-state index in [0.29, 0.717) is 6.61 Å². The number of ether oxygens (including phenoxy) is 1. The molecule has 0 fully saturated rings. The minimum absolute atomic E-state index is 0.0397. The smallest absolute Gasteiger partial charge is 0.308 e. The summed E-state index contributed by atoms with van der Waals surface area (Å²) in [7, 11) is 0. The van der Waals surface area contributed by atoms with Crippen LogP contribution in [0.2, 0.25) is 0 Å². The predicted molar refractivity (Wildman–Crippen MR) is 63.5 cm³/mol. The average molecular weight is 213 g/mol. The van der Waals surface area contributed by atoms with E-state index >= 15 is 0 Å². The van der Waals surface area contributed by atoms with Crippen molar-refractivity contribution in [3.8, 4) is 0 Å². The van der Waals surface area contributed by atoms with Crippen LogP contribution < -0.4 is 0 Å². The lowest BCUT2D eigenvalue weighted by atomic mass is 10.1. The Bertz CT molecular complexity index is 155. The highest BCUT2D eigenvalue weighted by Crippen LogP contribution is 2.10. The third-order valence-corrected chi connectivity index (χ3v) is 2.53. The van der Waals surface area contributed by atoms with Gasteiger partial charge in [0.05, 0.1) is 12.5 Å². The van der Waals surface area contributed by atoms with Crippen molar-refractivity contribution in [2.75, 3.05) is 6.61 Å². The lowest BCUT2D eigenvalue weighted by Gasteiger charge is -2.10. The zero-order valence-electron chi connectivity index (χ0n) is 10.3. The van der Waals surface area contributed by atoms with E-state index in [0.717, 1.165) is 32.1 Å². The fraction of sp³-hybridized carbons (Fsp3) is 0.846. The number of carbonyl (C=O) groups excluding carboxylic acids is 1. The van der Waals surface area contributed by atoms with E-state index in [4.69, 9.17) is 4.74 Å². The lowest BCUT2D eigenvalue weighted by Crippen LogP contribution is -2.15. The van der Waals surface area contributed by atoms with Crippen LogP contribution in [0, 0.1) is 12.8 Å². The molecule has 15 heavy (non-hydrogen) atoms. The van der Waals surface area contributed by atoms with Crippen molar-refractivity contribution in [1.29, 1.82) is 0 Å². The van der Waals surface area contributed by atoms with Crippen molar-refractivity contribution < 1.29 is 9.53 Å². The third-order valence-electron chi connectivity index (χ3n) is 2.53. The highest BCUT2D eigenvalue weighted by Gasteiger charge is 2.12. The van der Waals surface area contributed by atoms with Crippen molar-refractivity contribution in [3.05, 3.63) is 6.92 Å². The van der Waals surface area contributed by atoms with Crippen LogP contribution in [0.5, 0.6) is 0 Å². The van der Waals surface area contributed by atoms with Gasteiger partial charge in [-0.1, -0.05) is 52.9 Å². The molecule has 0 aromatic carbocycles. The number of rotatable bonds is 9. The SMILES string of the molecule is [CH2]CCCC(C)C(=O)OCCCCCC. The number of esters is 1. The molecule has 0 heterocycles. The van der Waals surface area contributed by atoms with Crippen LogP contribution in [0.3, 0.4) is 0 Å². The van der Waals surface area contributed by atoms with Gasteiger partial charge in [-0.25, -0.2) is 0 Å². The van der Waals surface area contributed by atoms with Crippen molar-refractivity contribution >= 4 is 5.97 Å². The first-order chi connectivity index (χ1) is 7.22. The first-order valence-electron chi connectivity index (χ1n) is 6.18. The summed E-state index contributed by atoms with van der Waals surface area (Å²) in [6.07, 6.45) is 7.42. The monoisotopic (exact) mass is 213 g/mol. The highest BCUT2D eigenvalue weighted by molar-refractivity contribution is 5.71. The molecular formula is C13H25O2. The van der Waals surface area contributed by atoms with Gasteiger partial charge < -0.3 is 4.74 Å². The van der Waals surface area contributed by atoms with E-state index < -0.39 is 0 Å². The summed E-state index contributed by atoms with van der Waals surface area (Å²) in [6, 6.07) is 0. The summed E-state index contributed by atoms with van der Waals surface area (Å²) >= 11 is 0. The standard InChI is InChI=1S/C13H25O2/c1-4-6-8-9-11-15-13(14)12(3)10-7-5-2/h12H,2,4-11H2,1,3H3. The molecule has 1 radical (unpaired) electrons. The molecule has 0 N–H and O–H groups in total. The van der Waals surface area contributed by atoms with Crippen LogP contribution in [0.4, 0.5) is 0 Å². The maximum atomic E-state index is 11.4. The zero-order valence-corrected chi connectivity index (χ0v) is 10.3. The van der Waals surface area contributed by atoms with Crippen molar-refractivity contribution in [2.24, 2.45) is 5.92 Å². The van der Waals surface area contributed by atoms with Gasteiger partial charge in [0.25, 0.3) is 0 Å². The van der Waals surface area contributed by atoms with E-state index in [1.54, 1.807) is 0 Å². The summed E-state index contributed by atoms with van der Waals surface area (Å²) in [4.78, 5) is 11.4. The molecular weight excluding hydrogens is 188 g/mol. The molecule has 0 bridgehead atoms. The number of unbranched alkanes of at least 4 members (excludes halogenated alkanes) is 4. The maximum Gasteiger partial charge on any atom is 0.308 e. The van der Waals surface area contributed by atoms with Gasteiger partial charge in [0.1, 0.15) is 0 Å². The molecule has 0 aliphatic heterocycles. The Morgan fingerprint density at radius 3 is 2.60 bits per heavy atom. The Morgan fingerprint density at radius 1 is 1.27 bits per heavy atom. The van der Waals surface area contributed by atoms with Crippen molar-refractivity contribution in [3.63, 3.8) is 0 Å². The van der Waals surface area contributed by atoms with Crippen LogP contribution in [-0.2, 0) is 9.53 Å². The van der Waals surface area contributed by atoms with Crippen LogP contribution in [0.15, 0.2) is 0 Å². The molecule has 1 unspecified atom stereocenters. The Labute approximate surface area is 94.4 Å². The van der Waals surface area contributed by atoms with E-state index in [9.17, 15) is 4.79 Å². The number of hydrogen-bond acceptors (Lipinski definition) is 2. The molecule has 0 aliphatic carbocycles. The van der Waals surface area contributed by atoms with Gasteiger partial charge in [-0.05, 0) is 12.8 Å². The Morgan fingerprint density at radius 2 is 2.00 bits per heavy atom. The molecule has 2 heteroatoms. The van der Waals surface area contributed by atoms with Gasteiger partial charge in [0.15, 0.2) is 0 Å². The molecule has 2 nitrogen and oxygen atoms in total. The summed E-state index contributed by atoms with van der Waals surface area (Å²) < 4.78 is 5.19. The maximum absolute atomic E-state index is 11.4. The molecule has 0 aromatic heterocycles. The second-order valence-electron chi connectivity index (χ2n) is 4.12. The lowest BCUT2D eigenvalue weighted by molar-refractivity contribution is -0.148. The minimum Gasteiger partial charge on any atom is -0.465 e. The largest absolute Gasteiger partial charge is 0.465 e. The van der Waals surface area contributed by atoms with Gasteiger partial charge >= 0.3 is 5.97 Å². The normalized spacial score (nSPS) is 12.5. The quantitative estimate of drug-likeness (QED) is 0.430. The third kappa shape index (κ3) is 8.46. The molecule has 0 rings (SSSR count). The first-order valence-corrected chi connectivity index (χ1v) is 6.18. The fourth-order valence-electron chi connectivity index (χ4n) is 1.41. The summed E-state index contributed by atoms with van der Waals surface area (Å²) in [6.45, 7) is 8.46. The molecule has 0 spiro atoms. The Hall–Kier alpha value is -0.530. The predicted octanol–water partition coefficient (Wildman–Crippen LogP) is 3.75. The fourth-order valence-corrected chi connectivity index (χ4v) is 1.41. The van der Waals surface area contributed by atoms with E-state index in [1.165, 1.54) is 12.8 Å². The molecule has 0 saturated carbocycles. The Kier molecular flexibility index (Phi) is 9.65. The second kappa shape index (κ2) is 10.0. The van der Waals surface area contributed by atoms with Gasteiger partial charge in [0, 0.05) is 0 Å². The Balaban J connectivity index is 3.38. The minimum atomic E-state index is -0.0417. The average Bonchev–Trinajstić information content (AvgIpc) is 2.25. The van der Waals surface area contributed by atoms with E-state index in [-0.39, 0.29) is 11.9 Å². The van der Waals surface area contributed by atoms with Crippen LogP contribution in [-0.4, -0.2) is 12.6 Å². The molecule has 0 aliphatic rings. The molecule has 1 atom stereocenters. The molecule has 0 amide bonds. The summed E-state index contributed by atoms with van der Waals surface area (Å²) in [5.74, 6) is -0.00197. The van der Waals surface area contributed by atoms with Gasteiger partial charge in [-0.15, -0.1) is 0 Å². The second-order valence-corrected chi connectivity index (χ2v) is 4.12. The summed E-state index contributed by atoms with van der Waals surface area (Å²) in [5, 5.41) is 0. The molecule has 89 valence electrons.